The summed E-state index contributed by atoms with van der Waals surface area (Å²) in [5.74, 6) is 1.21. The van der Waals surface area contributed by atoms with Gasteiger partial charge < -0.3 is 14.3 Å². The number of carbonyl (C=O) groups is 1. The smallest absolute Gasteiger partial charge is 0.373 e. The number of ether oxygens (including phenoxy) is 1. The van der Waals surface area contributed by atoms with E-state index in [1.165, 1.54) is 18.9 Å². The van der Waals surface area contributed by atoms with Crippen LogP contribution in [0, 0.1) is 0 Å². The Morgan fingerprint density at radius 1 is 1.39 bits per heavy atom. The van der Waals surface area contributed by atoms with Crippen LogP contribution in [0.3, 0.4) is 0 Å². The third-order valence-electron chi connectivity index (χ3n) is 2.25. The third-order valence-corrected chi connectivity index (χ3v) is 3.26. The predicted molar refractivity (Wildman–Crippen MR) is 67.7 cm³/mol. The first-order valence-corrected chi connectivity index (χ1v) is 6.26. The van der Waals surface area contributed by atoms with Gasteiger partial charge in [0.05, 0.1) is 12.9 Å². The number of esters is 1. The Morgan fingerprint density at radius 2 is 2.22 bits per heavy atom. The van der Waals surface area contributed by atoms with Crippen molar-refractivity contribution in [1.82, 2.24) is 0 Å². The van der Waals surface area contributed by atoms with Crippen LogP contribution < -0.4 is 0 Å². The van der Waals surface area contributed by atoms with Gasteiger partial charge in [0.15, 0.2) is 0 Å². The van der Waals surface area contributed by atoms with Crippen LogP contribution >= 0.6 is 11.8 Å². The van der Waals surface area contributed by atoms with E-state index >= 15 is 0 Å². The minimum atomic E-state index is -0.483. The standard InChI is InChI=1S/C13H12O4S/c1-16-13(15)12-6-5-10(17-12)8-18-11-4-2-3-9(14)7-11/h2-7,14H,8H2,1H3. The number of phenolic OH excluding ortho intramolecular Hbond substituents is 1. The summed E-state index contributed by atoms with van der Waals surface area (Å²) in [5.41, 5.74) is 0. The molecule has 4 nitrogen and oxygen atoms in total. The summed E-state index contributed by atoms with van der Waals surface area (Å²) in [7, 11) is 1.31. The van der Waals surface area contributed by atoms with Gasteiger partial charge in [0, 0.05) is 4.90 Å². The van der Waals surface area contributed by atoms with Gasteiger partial charge in [0.2, 0.25) is 5.76 Å². The molecule has 0 atom stereocenters. The molecule has 0 aliphatic carbocycles. The number of benzene rings is 1. The summed E-state index contributed by atoms with van der Waals surface area (Å²) in [6.45, 7) is 0. The monoisotopic (exact) mass is 264 g/mol. The van der Waals surface area contributed by atoms with Crippen molar-refractivity contribution in [1.29, 1.82) is 0 Å². The Bertz CT molecular complexity index is 547. The van der Waals surface area contributed by atoms with Gasteiger partial charge in [-0.1, -0.05) is 6.07 Å². The van der Waals surface area contributed by atoms with Crippen LogP contribution in [-0.4, -0.2) is 18.2 Å². The van der Waals surface area contributed by atoms with Crippen molar-refractivity contribution in [3.63, 3.8) is 0 Å². The summed E-state index contributed by atoms with van der Waals surface area (Å²) in [5, 5.41) is 9.32. The SMILES string of the molecule is COC(=O)c1ccc(CSc2cccc(O)c2)o1. The van der Waals surface area contributed by atoms with E-state index in [1.807, 2.05) is 6.07 Å². The lowest BCUT2D eigenvalue weighted by Gasteiger charge is -2.00. The van der Waals surface area contributed by atoms with Gasteiger partial charge in [-0.05, 0) is 30.3 Å². The van der Waals surface area contributed by atoms with Gasteiger partial charge in [-0.2, -0.15) is 0 Å². The number of carbonyl (C=O) groups excluding carboxylic acids is 1. The molecule has 5 heteroatoms. The fraction of sp³-hybridized carbons (Fsp3) is 0.154. The van der Waals surface area contributed by atoms with E-state index in [0.717, 1.165) is 4.90 Å². The lowest BCUT2D eigenvalue weighted by atomic mass is 10.3. The average Bonchev–Trinajstić information content (AvgIpc) is 2.84. The minimum Gasteiger partial charge on any atom is -0.508 e. The number of hydrogen-bond donors (Lipinski definition) is 1. The molecule has 0 radical (unpaired) electrons. The molecule has 0 spiro atoms. The molecule has 18 heavy (non-hydrogen) atoms. The van der Waals surface area contributed by atoms with Crippen molar-refractivity contribution in [2.75, 3.05) is 7.11 Å². The number of thioether (sulfide) groups is 1. The van der Waals surface area contributed by atoms with Gasteiger partial charge in [0.1, 0.15) is 11.5 Å². The molecule has 0 bridgehead atoms. The molecule has 1 N–H and O–H groups in total. The zero-order valence-electron chi connectivity index (χ0n) is 9.75. The highest BCUT2D eigenvalue weighted by Gasteiger charge is 2.11. The molecule has 94 valence electrons. The summed E-state index contributed by atoms with van der Waals surface area (Å²) in [4.78, 5) is 12.1. The summed E-state index contributed by atoms with van der Waals surface area (Å²) in [6.07, 6.45) is 0. The van der Waals surface area contributed by atoms with E-state index in [1.54, 1.807) is 30.3 Å². The second-order valence-electron chi connectivity index (χ2n) is 3.54. The lowest BCUT2D eigenvalue weighted by molar-refractivity contribution is 0.0563. The maximum atomic E-state index is 11.2. The van der Waals surface area contributed by atoms with E-state index < -0.39 is 5.97 Å². The number of furan rings is 1. The van der Waals surface area contributed by atoms with Gasteiger partial charge in [-0.3, -0.25) is 0 Å². The zero-order valence-corrected chi connectivity index (χ0v) is 10.6. The molecule has 1 aromatic heterocycles. The quantitative estimate of drug-likeness (QED) is 0.679. The molecule has 2 aromatic rings. The van der Waals surface area contributed by atoms with Crippen molar-refractivity contribution in [2.24, 2.45) is 0 Å². The van der Waals surface area contributed by atoms with Crippen LogP contribution in [0.15, 0.2) is 45.7 Å². The molecule has 0 unspecified atom stereocenters. The van der Waals surface area contributed by atoms with Gasteiger partial charge in [0.25, 0.3) is 0 Å². The van der Waals surface area contributed by atoms with E-state index in [2.05, 4.69) is 4.74 Å². The second-order valence-corrected chi connectivity index (χ2v) is 4.59. The largest absolute Gasteiger partial charge is 0.508 e. The predicted octanol–water partition coefficient (Wildman–Crippen LogP) is 3.06. The van der Waals surface area contributed by atoms with Crippen molar-refractivity contribution < 1.29 is 19.1 Å². The molecular formula is C13H12O4S. The van der Waals surface area contributed by atoms with E-state index in [4.69, 9.17) is 4.42 Å². The highest BCUT2D eigenvalue weighted by atomic mass is 32.2. The van der Waals surface area contributed by atoms with Crippen LogP contribution in [-0.2, 0) is 10.5 Å². The topological polar surface area (TPSA) is 59.7 Å². The Kier molecular flexibility index (Phi) is 3.94. The van der Waals surface area contributed by atoms with Crippen molar-refractivity contribution >= 4 is 17.7 Å². The first-order valence-electron chi connectivity index (χ1n) is 5.28. The lowest BCUT2D eigenvalue weighted by Crippen LogP contribution is -1.98. The number of hydrogen-bond acceptors (Lipinski definition) is 5. The maximum Gasteiger partial charge on any atom is 0.373 e. The minimum absolute atomic E-state index is 0.198. The third kappa shape index (κ3) is 3.07. The molecular weight excluding hydrogens is 252 g/mol. The number of rotatable bonds is 4. The van der Waals surface area contributed by atoms with E-state index in [0.29, 0.717) is 11.5 Å². The molecule has 1 heterocycles. The molecule has 1 aromatic carbocycles. The Morgan fingerprint density at radius 3 is 2.94 bits per heavy atom. The average molecular weight is 264 g/mol. The van der Waals surface area contributed by atoms with Crippen molar-refractivity contribution in [3.05, 3.63) is 47.9 Å². The van der Waals surface area contributed by atoms with Crippen LogP contribution in [0.25, 0.3) is 0 Å². The number of phenols is 1. The first kappa shape index (κ1) is 12.6. The second kappa shape index (κ2) is 5.64. The highest BCUT2D eigenvalue weighted by Crippen LogP contribution is 2.26. The van der Waals surface area contributed by atoms with Crippen LogP contribution in [0.4, 0.5) is 0 Å². The van der Waals surface area contributed by atoms with Crippen LogP contribution in [0.2, 0.25) is 0 Å². The molecule has 0 amide bonds. The van der Waals surface area contributed by atoms with Crippen LogP contribution in [0.5, 0.6) is 5.75 Å². The van der Waals surface area contributed by atoms with E-state index in [9.17, 15) is 9.90 Å². The Balaban J connectivity index is 1.98. The summed E-state index contributed by atoms with van der Waals surface area (Å²) in [6, 6.07) is 10.3. The Labute approximate surface area is 109 Å². The van der Waals surface area contributed by atoms with Gasteiger partial charge in [-0.25, -0.2) is 4.79 Å². The normalized spacial score (nSPS) is 10.3. The van der Waals surface area contributed by atoms with Crippen LogP contribution in [0.1, 0.15) is 16.3 Å². The van der Waals surface area contributed by atoms with Crippen molar-refractivity contribution in [3.8, 4) is 5.75 Å². The molecule has 0 aliphatic heterocycles. The highest BCUT2D eigenvalue weighted by molar-refractivity contribution is 7.98. The fourth-order valence-corrected chi connectivity index (χ4v) is 2.24. The number of aromatic hydroxyl groups is 1. The Hall–Kier alpha value is -1.88. The zero-order chi connectivity index (χ0) is 13.0. The van der Waals surface area contributed by atoms with Crippen molar-refractivity contribution in [2.45, 2.75) is 10.6 Å². The first-order chi connectivity index (χ1) is 8.69. The molecule has 0 saturated carbocycles. The number of methoxy groups -OCH3 is 1. The molecule has 2 rings (SSSR count). The van der Waals surface area contributed by atoms with Gasteiger partial charge in [-0.15, -0.1) is 11.8 Å². The van der Waals surface area contributed by atoms with Gasteiger partial charge >= 0.3 is 5.97 Å². The maximum absolute atomic E-state index is 11.2. The molecule has 0 saturated heterocycles. The molecule has 0 aliphatic rings. The fourth-order valence-electron chi connectivity index (χ4n) is 1.39. The summed E-state index contributed by atoms with van der Waals surface area (Å²) < 4.78 is 9.89. The molecule has 0 fully saturated rings. The summed E-state index contributed by atoms with van der Waals surface area (Å²) >= 11 is 1.51. The van der Waals surface area contributed by atoms with E-state index in [-0.39, 0.29) is 11.5 Å².